The number of anilines is 1. The lowest BCUT2D eigenvalue weighted by Crippen LogP contribution is -2.34. The topological polar surface area (TPSA) is 72.2 Å². The SMILES string of the molecule is O=C(CC1CCCC(Cl)C1Sc1ccc([N+](=O)[O-])cc1)Nc1ccccc1. The minimum atomic E-state index is -0.407. The van der Waals surface area contributed by atoms with Crippen LogP contribution in [0, 0.1) is 16.0 Å². The summed E-state index contributed by atoms with van der Waals surface area (Å²) in [5.41, 5.74) is 0.865. The quantitative estimate of drug-likeness (QED) is 0.392. The lowest BCUT2D eigenvalue weighted by molar-refractivity contribution is -0.384. The number of halogens is 1. The first-order valence-corrected chi connectivity index (χ1v) is 10.2. The summed E-state index contributed by atoms with van der Waals surface area (Å²) < 4.78 is 0. The molecule has 3 unspecified atom stereocenters. The number of hydrogen-bond acceptors (Lipinski definition) is 4. The minimum Gasteiger partial charge on any atom is -0.326 e. The largest absolute Gasteiger partial charge is 0.326 e. The van der Waals surface area contributed by atoms with E-state index in [1.165, 1.54) is 12.1 Å². The Hall–Kier alpha value is -2.05. The summed E-state index contributed by atoms with van der Waals surface area (Å²) >= 11 is 8.21. The van der Waals surface area contributed by atoms with Crippen LogP contribution in [0.1, 0.15) is 25.7 Å². The summed E-state index contributed by atoms with van der Waals surface area (Å²) in [6, 6.07) is 15.9. The van der Waals surface area contributed by atoms with Crippen LogP contribution in [0.25, 0.3) is 0 Å². The van der Waals surface area contributed by atoms with Gasteiger partial charge >= 0.3 is 0 Å². The highest BCUT2D eigenvalue weighted by molar-refractivity contribution is 8.00. The molecular formula is C20H21ClN2O3S. The van der Waals surface area contributed by atoms with E-state index >= 15 is 0 Å². The van der Waals surface area contributed by atoms with Crippen molar-refractivity contribution < 1.29 is 9.72 Å². The van der Waals surface area contributed by atoms with E-state index in [1.54, 1.807) is 23.9 Å². The van der Waals surface area contributed by atoms with Gasteiger partial charge in [-0.3, -0.25) is 14.9 Å². The Balaban J connectivity index is 1.65. The van der Waals surface area contributed by atoms with Crippen LogP contribution in [0.4, 0.5) is 11.4 Å². The molecule has 0 spiro atoms. The molecule has 2 aromatic carbocycles. The van der Waals surface area contributed by atoms with E-state index in [0.717, 1.165) is 29.8 Å². The monoisotopic (exact) mass is 404 g/mol. The number of nitrogens with one attached hydrogen (secondary N) is 1. The van der Waals surface area contributed by atoms with Crippen molar-refractivity contribution in [1.82, 2.24) is 0 Å². The molecule has 2 aromatic rings. The van der Waals surface area contributed by atoms with Crippen LogP contribution in [0.3, 0.4) is 0 Å². The van der Waals surface area contributed by atoms with Crippen molar-refractivity contribution in [3.05, 3.63) is 64.7 Å². The molecule has 3 rings (SSSR count). The second kappa shape index (κ2) is 9.24. The molecule has 0 radical (unpaired) electrons. The molecule has 0 heterocycles. The first-order chi connectivity index (χ1) is 13.0. The molecule has 1 saturated carbocycles. The third-order valence-electron chi connectivity index (χ3n) is 4.70. The molecule has 7 heteroatoms. The molecule has 0 aliphatic heterocycles. The number of amides is 1. The summed E-state index contributed by atoms with van der Waals surface area (Å²) in [5, 5.41) is 13.8. The van der Waals surface area contributed by atoms with Crippen LogP contribution in [0.15, 0.2) is 59.5 Å². The lowest BCUT2D eigenvalue weighted by atomic mass is 9.86. The van der Waals surface area contributed by atoms with E-state index in [1.807, 2.05) is 30.3 Å². The van der Waals surface area contributed by atoms with Gasteiger partial charge in [0.15, 0.2) is 0 Å². The molecule has 0 bridgehead atoms. The fourth-order valence-corrected chi connectivity index (χ4v) is 5.19. The van der Waals surface area contributed by atoms with Gasteiger partial charge < -0.3 is 5.32 Å². The number of alkyl halides is 1. The molecule has 5 nitrogen and oxygen atoms in total. The van der Waals surface area contributed by atoms with E-state index in [0.29, 0.717) is 6.42 Å². The van der Waals surface area contributed by atoms with Gasteiger partial charge in [-0.15, -0.1) is 23.4 Å². The number of carbonyl (C=O) groups is 1. The third-order valence-corrected chi connectivity index (χ3v) is 6.87. The number of nitro benzene ring substituents is 1. The molecule has 1 amide bonds. The molecule has 1 aliphatic rings. The van der Waals surface area contributed by atoms with Gasteiger partial charge in [0.1, 0.15) is 0 Å². The van der Waals surface area contributed by atoms with Crippen molar-refractivity contribution in [2.45, 2.75) is 41.2 Å². The summed E-state index contributed by atoms with van der Waals surface area (Å²) in [6.45, 7) is 0. The molecule has 1 aliphatic carbocycles. The number of nitrogens with zero attached hydrogens (tertiary/aromatic N) is 1. The summed E-state index contributed by atoms with van der Waals surface area (Å²) in [5.74, 6) is 0.163. The minimum absolute atomic E-state index is 0.00809. The predicted molar refractivity (Wildman–Crippen MR) is 109 cm³/mol. The maximum absolute atomic E-state index is 12.5. The number of benzene rings is 2. The van der Waals surface area contributed by atoms with Crippen molar-refractivity contribution in [3.63, 3.8) is 0 Å². The Labute approximate surface area is 167 Å². The van der Waals surface area contributed by atoms with Crippen LogP contribution in [0.5, 0.6) is 0 Å². The smallest absolute Gasteiger partial charge is 0.269 e. The van der Waals surface area contributed by atoms with E-state index in [9.17, 15) is 14.9 Å². The van der Waals surface area contributed by atoms with Crippen LogP contribution >= 0.6 is 23.4 Å². The second-order valence-electron chi connectivity index (χ2n) is 6.66. The summed E-state index contributed by atoms with van der Waals surface area (Å²) in [6.07, 6.45) is 3.30. The molecule has 142 valence electrons. The predicted octanol–water partition coefficient (Wildman–Crippen LogP) is 5.49. The average Bonchev–Trinajstić information content (AvgIpc) is 2.65. The zero-order valence-corrected chi connectivity index (χ0v) is 16.3. The van der Waals surface area contributed by atoms with Gasteiger partial charge in [0, 0.05) is 39.8 Å². The zero-order chi connectivity index (χ0) is 19.2. The fourth-order valence-electron chi connectivity index (χ4n) is 3.36. The molecule has 0 aromatic heterocycles. The Morgan fingerprint density at radius 1 is 1.15 bits per heavy atom. The fraction of sp³-hybridized carbons (Fsp3) is 0.350. The molecular weight excluding hydrogens is 384 g/mol. The number of non-ortho nitro benzene ring substituents is 1. The first-order valence-electron chi connectivity index (χ1n) is 8.93. The van der Waals surface area contributed by atoms with E-state index < -0.39 is 4.92 Å². The highest BCUT2D eigenvalue weighted by Crippen LogP contribution is 2.42. The van der Waals surface area contributed by atoms with Crippen LogP contribution in [0.2, 0.25) is 0 Å². The third kappa shape index (κ3) is 5.47. The molecule has 27 heavy (non-hydrogen) atoms. The molecule has 1 fully saturated rings. The number of para-hydroxylation sites is 1. The van der Waals surface area contributed by atoms with Gasteiger partial charge in [-0.1, -0.05) is 24.6 Å². The van der Waals surface area contributed by atoms with Gasteiger partial charge in [-0.25, -0.2) is 0 Å². The van der Waals surface area contributed by atoms with E-state index in [4.69, 9.17) is 11.6 Å². The number of carbonyl (C=O) groups excluding carboxylic acids is 1. The molecule has 1 N–H and O–H groups in total. The van der Waals surface area contributed by atoms with Crippen molar-refractivity contribution in [3.8, 4) is 0 Å². The second-order valence-corrected chi connectivity index (χ2v) is 8.47. The molecule has 3 atom stereocenters. The number of nitro groups is 1. The summed E-state index contributed by atoms with van der Waals surface area (Å²) in [7, 11) is 0. The maximum Gasteiger partial charge on any atom is 0.269 e. The number of thioether (sulfide) groups is 1. The first kappa shape index (κ1) is 19.7. The molecule has 0 saturated heterocycles. The Bertz CT molecular complexity index is 786. The average molecular weight is 405 g/mol. The van der Waals surface area contributed by atoms with Crippen molar-refractivity contribution in [2.75, 3.05) is 5.32 Å². The Morgan fingerprint density at radius 2 is 1.85 bits per heavy atom. The lowest BCUT2D eigenvalue weighted by Gasteiger charge is -2.34. The van der Waals surface area contributed by atoms with E-state index in [-0.39, 0.29) is 28.1 Å². The van der Waals surface area contributed by atoms with Crippen LogP contribution < -0.4 is 5.32 Å². The van der Waals surface area contributed by atoms with E-state index in [2.05, 4.69) is 5.32 Å². The zero-order valence-electron chi connectivity index (χ0n) is 14.7. The van der Waals surface area contributed by atoms with Gasteiger partial charge in [-0.05, 0) is 43.0 Å². The summed E-state index contributed by atoms with van der Waals surface area (Å²) in [4.78, 5) is 23.8. The Morgan fingerprint density at radius 3 is 2.52 bits per heavy atom. The highest BCUT2D eigenvalue weighted by Gasteiger charge is 2.34. The van der Waals surface area contributed by atoms with Crippen molar-refractivity contribution in [1.29, 1.82) is 0 Å². The standard InChI is InChI=1S/C20H21ClN2O3S/c21-18-8-4-5-14(13-19(24)22-15-6-2-1-3-7-15)20(18)27-17-11-9-16(10-12-17)23(25)26/h1-3,6-7,9-12,14,18,20H,4-5,8,13H2,(H,22,24). The normalized spacial score (nSPS) is 22.2. The van der Waals surface area contributed by atoms with Crippen LogP contribution in [-0.2, 0) is 4.79 Å². The highest BCUT2D eigenvalue weighted by atomic mass is 35.5. The van der Waals surface area contributed by atoms with Gasteiger partial charge in [0.05, 0.1) is 4.92 Å². The van der Waals surface area contributed by atoms with Gasteiger partial charge in [0.25, 0.3) is 5.69 Å². The Kier molecular flexibility index (Phi) is 6.74. The van der Waals surface area contributed by atoms with Gasteiger partial charge in [0.2, 0.25) is 5.91 Å². The van der Waals surface area contributed by atoms with Crippen molar-refractivity contribution in [2.24, 2.45) is 5.92 Å². The van der Waals surface area contributed by atoms with Gasteiger partial charge in [-0.2, -0.15) is 0 Å². The maximum atomic E-state index is 12.5. The van der Waals surface area contributed by atoms with Crippen molar-refractivity contribution >= 4 is 40.6 Å². The number of rotatable bonds is 6. The van der Waals surface area contributed by atoms with Crippen LogP contribution in [-0.4, -0.2) is 21.5 Å². The number of hydrogen-bond donors (Lipinski definition) is 1.